The summed E-state index contributed by atoms with van der Waals surface area (Å²) in [6, 6.07) is 9.73. The average molecular weight is 388 g/mol. The summed E-state index contributed by atoms with van der Waals surface area (Å²) in [5, 5.41) is 2.89. The minimum absolute atomic E-state index is 0.126. The zero-order valence-corrected chi connectivity index (χ0v) is 16.5. The maximum atomic E-state index is 12.0. The number of amides is 1. The Bertz CT molecular complexity index is 793. The lowest BCUT2D eigenvalue weighted by Crippen LogP contribution is -2.20. The van der Waals surface area contributed by atoms with E-state index in [9.17, 15) is 4.79 Å². The van der Waals surface area contributed by atoms with E-state index < -0.39 is 0 Å². The quantitative estimate of drug-likeness (QED) is 0.697. The minimum atomic E-state index is -0.126. The molecular weight excluding hydrogens is 362 g/mol. The van der Waals surface area contributed by atoms with Crippen LogP contribution in [0.2, 0.25) is 0 Å². The molecule has 0 bridgehead atoms. The lowest BCUT2D eigenvalue weighted by Gasteiger charge is -2.15. The summed E-state index contributed by atoms with van der Waals surface area (Å²) in [5.74, 6) is 1.22. The van der Waals surface area contributed by atoms with Crippen molar-refractivity contribution in [1.29, 1.82) is 0 Å². The first-order chi connectivity index (χ1) is 13.1. The summed E-state index contributed by atoms with van der Waals surface area (Å²) in [7, 11) is 1.61. The molecule has 1 aromatic carbocycles. The van der Waals surface area contributed by atoms with Crippen LogP contribution in [0.5, 0.6) is 11.5 Å². The van der Waals surface area contributed by atoms with Gasteiger partial charge in [0.1, 0.15) is 6.61 Å². The first-order valence-electron chi connectivity index (χ1n) is 9.07. The van der Waals surface area contributed by atoms with Gasteiger partial charge in [-0.3, -0.25) is 4.79 Å². The molecule has 2 aromatic rings. The van der Waals surface area contributed by atoms with Gasteiger partial charge in [-0.2, -0.15) is 0 Å². The summed E-state index contributed by atoms with van der Waals surface area (Å²) in [5.41, 5.74) is 0.949. The second kappa shape index (κ2) is 9.58. The van der Waals surface area contributed by atoms with Gasteiger partial charge < -0.3 is 19.5 Å². The highest BCUT2D eigenvalue weighted by molar-refractivity contribution is 7.12. The maximum absolute atomic E-state index is 12.0. The third kappa shape index (κ3) is 5.84. The maximum Gasteiger partial charge on any atom is 0.244 e. The van der Waals surface area contributed by atoms with Gasteiger partial charge in [0.25, 0.3) is 0 Å². The number of aryl methyl sites for hydroxylation is 1. The molecule has 1 N–H and O–H groups in total. The first kappa shape index (κ1) is 19.5. The number of nitrogens with one attached hydrogen (secondary N) is 1. The van der Waals surface area contributed by atoms with Gasteiger partial charge in [-0.25, -0.2) is 0 Å². The molecular formula is C21H25NO4S. The standard InChI is InChI=1S/C21H25NO4S/c1-15-5-7-18(27-15)8-10-21(23)22-13-16-6-9-19(20(12-16)24-2)26-14-17-4-3-11-25-17/h5-10,12,17H,3-4,11,13-14H2,1-2H3,(H,22,23). The van der Waals surface area contributed by atoms with Crippen molar-refractivity contribution >= 4 is 23.3 Å². The van der Waals surface area contributed by atoms with E-state index in [0.29, 0.717) is 24.7 Å². The highest BCUT2D eigenvalue weighted by Gasteiger charge is 2.17. The van der Waals surface area contributed by atoms with Gasteiger partial charge >= 0.3 is 0 Å². The van der Waals surface area contributed by atoms with Crippen LogP contribution in [0.15, 0.2) is 36.4 Å². The summed E-state index contributed by atoms with van der Waals surface area (Å²) in [6.45, 7) is 3.81. The molecule has 2 heterocycles. The van der Waals surface area contributed by atoms with E-state index in [4.69, 9.17) is 14.2 Å². The SMILES string of the molecule is COc1cc(CNC(=O)C=Cc2ccc(C)s2)ccc1OCC1CCCO1. The number of hydrogen-bond acceptors (Lipinski definition) is 5. The van der Waals surface area contributed by atoms with Crippen LogP contribution in [-0.2, 0) is 16.1 Å². The topological polar surface area (TPSA) is 56.8 Å². The Morgan fingerprint density at radius 1 is 1.33 bits per heavy atom. The van der Waals surface area contributed by atoms with Gasteiger partial charge in [-0.1, -0.05) is 6.07 Å². The normalized spacial score (nSPS) is 16.6. The summed E-state index contributed by atoms with van der Waals surface area (Å²) in [6.07, 6.45) is 5.67. The molecule has 1 aliphatic heterocycles. The van der Waals surface area contributed by atoms with Crippen LogP contribution in [0.1, 0.15) is 28.2 Å². The smallest absolute Gasteiger partial charge is 0.244 e. The number of ether oxygens (including phenoxy) is 3. The molecule has 144 valence electrons. The van der Waals surface area contributed by atoms with Crippen LogP contribution >= 0.6 is 11.3 Å². The van der Waals surface area contributed by atoms with Gasteiger partial charge in [-0.15, -0.1) is 11.3 Å². The molecule has 1 aliphatic rings. The summed E-state index contributed by atoms with van der Waals surface area (Å²) in [4.78, 5) is 14.3. The molecule has 1 saturated heterocycles. The number of carbonyl (C=O) groups excluding carboxylic acids is 1. The Balaban J connectivity index is 1.51. The molecule has 0 aliphatic carbocycles. The Hall–Kier alpha value is -2.31. The zero-order chi connectivity index (χ0) is 19.1. The number of carbonyl (C=O) groups is 1. The van der Waals surface area contributed by atoms with Crippen molar-refractivity contribution in [3.8, 4) is 11.5 Å². The number of hydrogen-bond donors (Lipinski definition) is 1. The Kier molecular flexibility index (Phi) is 6.90. The molecule has 6 heteroatoms. The molecule has 1 unspecified atom stereocenters. The highest BCUT2D eigenvalue weighted by Crippen LogP contribution is 2.29. The average Bonchev–Trinajstić information content (AvgIpc) is 3.34. The number of rotatable bonds is 8. The molecule has 0 spiro atoms. The van der Waals surface area contributed by atoms with E-state index in [2.05, 4.69) is 5.32 Å². The molecule has 0 saturated carbocycles. The van der Waals surface area contributed by atoms with E-state index in [0.717, 1.165) is 29.9 Å². The van der Waals surface area contributed by atoms with Crippen LogP contribution in [0.4, 0.5) is 0 Å². The monoisotopic (exact) mass is 387 g/mol. The van der Waals surface area contributed by atoms with E-state index in [1.807, 2.05) is 43.3 Å². The fourth-order valence-corrected chi connectivity index (χ4v) is 3.63. The summed E-state index contributed by atoms with van der Waals surface area (Å²) >= 11 is 1.66. The van der Waals surface area contributed by atoms with Crippen molar-refractivity contribution in [2.75, 3.05) is 20.3 Å². The van der Waals surface area contributed by atoms with Crippen molar-refractivity contribution < 1.29 is 19.0 Å². The van der Waals surface area contributed by atoms with Gasteiger partial charge in [0.15, 0.2) is 11.5 Å². The largest absolute Gasteiger partial charge is 0.493 e. The van der Waals surface area contributed by atoms with E-state index in [1.165, 1.54) is 4.88 Å². The van der Waals surface area contributed by atoms with Crippen LogP contribution in [0.3, 0.4) is 0 Å². The lowest BCUT2D eigenvalue weighted by atomic mass is 10.2. The van der Waals surface area contributed by atoms with E-state index in [1.54, 1.807) is 24.5 Å². The van der Waals surface area contributed by atoms with Crippen LogP contribution in [-0.4, -0.2) is 32.3 Å². The zero-order valence-electron chi connectivity index (χ0n) is 15.7. The predicted octanol–water partition coefficient (Wildman–Crippen LogP) is 3.95. The van der Waals surface area contributed by atoms with Crippen molar-refractivity contribution in [2.45, 2.75) is 32.4 Å². The highest BCUT2D eigenvalue weighted by atomic mass is 32.1. The van der Waals surface area contributed by atoms with Crippen molar-refractivity contribution in [3.05, 3.63) is 51.7 Å². The van der Waals surface area contributed by atoms with Gasteiger partial charge in [-0.05, 0) is 55.7 Å². The first-order valence-corrected chi connectivity index (χ1v) is 9.89. The molecule has 1 atom stereocenters. The molecule has 1 amide bonds. The fraction of sp³-hybridized carbons (Fsp3) is 0.381. The molecule has 27 heavy (non-hydrogen) atoms. The van der Waals surface area contributed by atoms with Gasteiger partial charge in [0.2, 0.25) is 5.91 Å². The Morgan fingerprint density at radius 2 is 2.22 bits per heavy atom. The summed E-state index contributed by atoms with van der Waals surface area (Å²) < 4.78 is 16.8. The second-order valence-corrected chi connectivity index (χ2v) is 7.75. The molecule has 5 nitrogen and oxygen atoms in total. The predicted molar refractivity (Wildman–Crippen MR) is 107 cm³/mol. The number of methoxy groups -OCH3 is 1. The van der Waals surface area contributed by atoms with Gasteiger partial charge in [0, 0.05) is 29.0 Å². The lowest BCUT2D eigenvalue weighted by molar-refractivity contribution is -0.116. The van der Waals surface area contributed by atoms with Crippen LogP contribution in [0.25, 0.3) is 6.08 Å². The number of benzene rings is 1. The van der Waals surface area contributed by atoms with Crippen LogP contribution in [0, 0.1) is 6.92 Å². The minimum Gasteiger partial charge on any atom is -0.493 e. The Labute approximate surface area is 163 Å². The molecule has 3 rings (SSSR count). The molecule has 1 aromatic heterocycles. The Morgan fingerprint density at radius 3 is 2.93 bits per heavy atom. The van der Waals surface area contributed by atoms with Crippen molar-refractivity contribution in [3.63, 3.8) is 0 Å². The third-order valence-electron chi connectivity index (χ3n) is 4.30. The van der Waals surface area contributed by atoms with E-state index in [-0.39, 0.29) is 12.0 Å². The van der Waals surface area contributed by atoms with E-state index >= 15 is 0 Å². The molecule has 1 fully saturated rings. The third-order valence-corrected chi connectivity index (χ3v) is 5.27. The fourth-order valence-electron chi connectivity index (χ4n) is 2.85. The van der Waals surface area contributed by atoms with Crippen molar-refractivity contribution in [2.24, 2.45) is 0 Å². The molecule has 0 radical (unpaired) electrons. The van der Waals surface area contributed by atoms with Crippen LogP contribution < -0.4 is 14.8 Å². The van der Waals surface area contributed by atoms with Crippen molar-refractivity contribution in [1.82, 2.24) is 5.32 Å². The second-order valence-electron chi connectivity index (χ2n) is 6.43. The van der Waals surface area contributed by atoms with Gasteiger partial charge in [0.05, 0.1) is 13.2 Å². The number of thiophene rings is 1.